The predicted octanol–water partition coefficient (Wildman–Crippen LogP) is 4.37. The number of aromatic nitrogens is 3. The second-order valence-corrected chi connectivity index (χ2v) is 7.40. The number of pyridine rings is 1. The molecule has 0 radical (unpaired) electrons. The van der Waals surface area contributed by atoms with E-state index in [9.17, 15) is 9.90 Å². The highest BCUT2D eigenvalue weighted by Crippen LogP contribution is 2.30. The van der Waals surface area contributed by atoms with Gasteiger partial charge in [-0.1, -0.05) is 38.1 Å². The zero-order chi connectivity index (χ0) is 22.5. The number of carboxylic acid groups (broad SMARTS) is 1. The van der Waals surface area contributed by atoms with Crippen molar-refractivity contribution in [1.29, 1.82) is 0 Å². The molecule has 2 heterocycles. The SMILES string of the molecule is CCN(CC)CCNc1ncc2c(n1)c(Nc1ccccc1)nc1cc(C(=O)O)ccc12. The smallest absolute Gasteiger partial charge is 0.335 e. The first-order chi connectivity index (χ1) is 15.6. The van der Waals surface area contributed by atoms with E-state index in [-0.39, 0.29) is 5.56 Å². The van der Waals surface area contributed by atoms with Gasteiger partial charge in [-0.15, -0.1) is 0 Å². The Bertz CT molecular complexity index is 1240. The molecule has 0 atom stereocenters. The van der Waals surface area contributed by atoms with Crippen LogP contribution >= 0.6 is 0 Å². The summed E-state index contributed by atoms with van der Waals surface area (Å²) in [6.07, 6.45) is 1.77. The number of carboxylic acids is 1. The first kappa shape index (κ1) is 21.5. The first-order valence-corrected chi connectivity index (χ1v) is 10.7. The number of carbonyl (C=O) groups is 1. The minimum atomic E-state index is -0.990. The maximum absolute atomic E-state index is 11.4. The average Bonchev–Trinajstić information content (AvgIpc) is 2.82. The number of anilines is 3. The second kappa shape index (κ2) is 9.57. The molecule has 4 rings (SSSR count). The lowest BCUT2D eigenvalue weighted by Gasteiger charge is -2.18. The molecule has 164 valence electrons. The van der Waals surface area contributed by atoms with Crippen molar-refractivity contribution in [3.63, 3.8) is 0 Å². The molecule has 4 aromatic rings. The van der Waals surface area contributed by atoms with Gasteiger partial charge in [0.05, 0.1) is 11.1 Å². The van der Waals surface area contributed by atoms with Crippen molar-refractivity contribution < 1.29 is 9.90 Å². The second-order valence-electron chi connectivity index (χ2n) is 7.40. The lowest BCUT2D eigenvalue weighted by molar-refractivity contribution is 0.0697. The molecule has 0 aliphatic carbocycles. The Hall–Kier alpha value is -3.78. The minimum Gasteiger partial charge on any atom is -0.478 e. The Labute approximate surface area is 186 Å². The van der Waals surface area contributed by atoms with Crippen molar-refractivity contribution >= 4 is 45.2 Å². The largest absolute Gasteiger partial charge is 0.478 e. The fourth-order valence-electron chi connectivity index (χ4n) is 3.61. The number of para-hydroxylation sites is 1. The van der Waals surface area contributed by atoms with Gasteiger partial charge in [-0.05, 0) is 37.4 Å². The van der Waals surface area contributed by atoms with Gasteiger partial charge in [0.2, 0.25) is 5.95 Å². The molecule has 8 nitrogen and oxygen atoms in total. The molecule has 3 N–H and O–H groups in total. The van der Waals surface area contributed by atoms with E-state index < -0.39 is 5.97 Å². The molecule has 2 aromatic heterocycles. The number of aromatic carboxylic acids is 1. The van der Waals surface area contributed by atoms with Gasteiger partial charge < -0.3 is 20.6 Å². The molecule has 0 saturated carbocycles. The Morgan fingerprint density at radius 3 is 2.53 bits per heavy atom. The van der Waals surface area contributed by atoms with Gasteiger partial charge in [0.15, 0.2) is 5.82 Å². The van der Waals surface area contributed by atoms with Crippen molar-refractivity contribution in [2.24, 2.45) is 0 Å². The molecule has 0 fully saturated rings. The van der Waals surface area contributed by atoms with Crippen LogP contribution in [0.15, 0.2) is 54.7 Å². The number of fused-ring (bicyclic) bond motifs is 3. The first-order valence-electron chi connectivity index (χ1n) is 10.7. The molecule has 32 heavy (non-hydrogen) atoms. The molecule has 0 saturated heterocycles. The fraction of sp³-hybridized carbons (Fsp3) is 0.250. The van der Waals surface area contributed by atoms with Crippen molar-refractivity contribution in [1.82, 2.24) is 19.9 Å². The van der Waals surface area contributed by atoms with E-state index in [4.69, 9.17) is 9.97 Å². The van der Waals surface area contributed by atoms with Gasteiger partial charge in [-0.3, -0.25) is 0 Å². The quantitative estimate of drug-likeness (QED) is 0.336. The number of rotatable bonds is 9. The molecule has 0 bridgehead atoms. The highest BCUT2D eigenvalue weighted by molar-refractivity contribution is 6.10. The molecule has 0 amide bonds. The summed E-state index contributed by atoms with van der Waals surface area (Å²) in [6.45, 7) is 7.91. The van der Waals surface area contributed by atoms with Crippen LogP contribution in [0.4, 0.5) is 17.5 Å². The van der Waals surface area contributed by atoms with Gasteiger partial charge in [0, 0.05) is 35.7 Å². The van der Waals surface area contributed by atoms with Gasteiger partial charge in [0.1, 0.15) is 5.52 Å². The fourth-order valence-corrected chi connectivity index (χ4v) is 3.61. The van der Waals surface area contributed by atoms with E-state index in [1.807, 2.05) is 30.3 Å². The summed E-state index contributed by atoms with van der Waals surface area (Å²) in [4.78, 5) is 27.7. The van der Waals surface area contributed by atoms with Crippen LogP contribution in [0.1, 0.15) is 24.2 Å². The van der Waals surface area contributed by atoms with Crippen LogP contribution in [0.3, 0.4) is 0 Å². The Morgan fingerprint density at radius 1 is 1.03 bits per heavy atom. The number of hydrogen-bond acceptors (Lipinski definition) is 7. The van der Waals surface area contributed by atoms with Crippen molar-refractivity contribution in [3.05, 3.63) is 60.3 Å². The average molecular weight is 431 g/mol. The van der Waals surface area contributed by atoms with Gasteiger partial charge in [0.25, 0.3) is 0 Å². The predicted molar refractivity (Wildman–Crippen MR) is 128 cm³/mol. The van der Waals surface area contributed by atoms with E-state index in [1.54, 1.807) is 24.4 Å². The number of nitrogens with one attached hydrogen (secondary N) is 2. The molecule has 0 spiro atoms. The van der Waals surface area contributed by atoms with Crippen molar-refractivity contribution in [2.45, 2.75) is 13.8 Å². The maximum Gasteiger partial charge on any atom is 0.335 e. The van der Waals surface area contributed by atoms with Gasteiger partial charge in [-0.2, -0.15) is 0 Å². The van der Waals surface area contributed by atoms with Gasteiger partial charge in [-0.25, -0.2) is 19.7 Å². The number of nitrogens with zero attached hydrogens (tertiary/aromatic N) is 4. The number of benzene rings is 2. The Balaban J connectivity index is 1.76. The van der Waals surface area contributed by atoms with E-state index in [0.717, 1.165) is 42.6 Å². The molecule has 8 heteroatoms. The third kappa shape index (κ3) is 4.60. The van der Waals surface area contributed by atoms with E-state index >= 15 is 0 Å². The van der Waals surface area contributed by atoms with E-state index in [0.29, 0.717) is 22.8 Å². The monoisotopic (exact) mass is 430 g/mol. The third-order valence-electron chi connectivity index (χ3n) is 5.42. The van der Waals surface area contributed by atoms with Crippen LogP contribution in [0.5, 0.6) is 0 Å². The van der Waals surface area contributed by atoms with Crippen LogP contribution < -0.4 is 10.6 Å². The normalized spacial score (nSPS) is 11.2. The molecular formula is C24H26N6O2. The molecule has 2 aromatic carbocycles. The summed E-state index contributed by atoms with van der Waals surface area (Å²) in [5.74, 6) is 0.0925. The summed E-state index contributed by atoms with van der Waals surface area (Å²) in [6, 6.07) is 14.6. The molecule has 0 unspecified atom stereocenters. The maximum atomic E-state index is 11.4. The lowest BCUT2D eigenvalue weighted by Crippen LogP contribution is -2.28. The summed E-state index contributed by atoms with van der Waals surface area (Å²) in [5.41, 5.74) is 2.29. The van der Waals surface area contributed by atoms with Gasteiger partial charge >= 0.3 is 5.97 Å². The lowest BCUT2D eigenvalue weighted by atomic mass is 10.1. The van der Waals surface area contributed by atoms with Crippen LogP contribution in [-0.2, 0) is 0 Å². The van der Waals surface area contributed by atoms with Crippen LogP contribution in [-0.4, -0.2) is 57.1 Å². The zero-order valence-electron chi connectivity index (χ0n) is 18.2. The molecule has 0 aliphatic rings. The zero-order valence-corrected chi connectivity index (χ0v) is 18.2. The summed E-state index contributed by atoms with van der Waals surface area (Å²) >= 11 is 0. The van der Waals surface area contributed by atoms with E-state index in [1.165, 1.54) is 0 Å². The summed E-state index contributed by atoms with van der Waals surface area (Å²) in [7, 11) is 0. The van der Waals surface area contributed by atoms with Crippen molar-refractivity contribution in [3.8, 4) is 0 Å². The highest BCUT2D eigenvalue weighted by Gasteiger charge is 2.14. The number of hydrogen-bond donors (Lipinski definition) is 3. The Kier molecular flexibility index (Phi) is 6.42. The number of likely N-dealkylation sites (N-methyl/N-ethyl adjacent to an activating group) is 1. The third-order valence-corrected chi connectivity index (χ3v) is 5.42. The summed E-state index contributed by atoms with van der Waals surface area (Å²) < 4.78 is 0. The van der Waals surface area contributed by atoms with Crippen LogP contribution in [0.25, 0.3) is 21.8 Å². The topological polar surface area (TPSA) is 103 Å². The van der Waals surface area contributed by atoms with Crippen LogP contribution in [0.2, 0.25) is 0 Å². The molecular weight excluding hydrogens is 404 g/mol. The molecule has 0 aliphatic heterocycles. The minimum absolute atomic E-state index is 0.186. The summed E-state index contributed by atoms with van der Waals surface area (Å²) in [5, 5.41) is 17.6. The van der Waals surface area contributed by atoms with E-state index in [2.05, 4.69) is 34.4 Å². The Morgan fingerprint density at radius 2 is 1.81 bits per heavy atom. The van der Waals surface area contributed by atoms with Crippen molar-refractivity contribution in [2.75, 3.05) is 36.8 Å². The van der Waals surface area contributed by atoms with Crippen LogP contribution in [0, 0.1) is 0 Å². The standard InChI is InChI=1S/C24H26N6O2/c1-3-30(4-2)13-12-25-24-26-15-19-18-11-10-16(23(31)32)14-20(18)28-22(21(19)29-24)27-17-8-6-5-7-9-17/h5-11,14-15H,3-4,12-13H2,1-2H3,(H,27,28)(H,31,32)(H,25,26,29). The highest BCUT2D eigenvalue weighted by atomic mass is 16.4.